The summed E-state index contributed by atoms with van der Waals surface area (Å²) in [7, 11) is -2.04. The van der Waals surface area contributed by atoms with Gasteiger partial charge < -0.3 is 10.1 Å². The Morgan fingerprint density at radius 3 is 2.41 bits per heavy atom. The van der Waals surface area contributed by atoms with Crippen molar-refractivity contribution in [1.29, 1.82) is 0 Å². The van der Waals surface area contributed by atoms with Crippen molar-refractivity contribution in [2.75, 3.05) is 19.0 Å². The number of sulfonamides is 1. The van der Waals surface area contributed by atoms with Crippen LogP contribution in [0.4, 0.5) is 9.80 Å². The number of hydrogen-bond acceptors (Lipinski definition) is 7. The van der Waals surface area contributed by atoms with Crippen LogP contribution in [-0.2, 0) is 27.6 Å². The van der Waals surface area contributed by atoms with Gasteiger partial charge in [0.2, 0.25) is 10.0 Å². The quantitative estimate of drug-likeness (QED) is 0.594. The molecule has 0 bridgehead atoms. The van der Waals surface area contributed by atoms with Crippen molar-refractivity contribution in [3.63, 3.8) is 0 Å². The number of alkyl carbamates (subject to hydrolysis) is 1. The lowest BCUT2D eigenvalue weighted by molar-refractivity contribution is 0.0925. The number of amides is 3. The van der Waals surface area contributed by atoms with E-state index in [1.54, 1.807) is 14.0 Å². The maximum atomic E-state index is 13.0. The van der Waals surface area contributed by atoms with Crippen LogP contribution in [-0.4, -0.2) is 50.3 Å². The summed E-state index contributed by atoms with van der Waals surface area (Å²) in [6.07, 6.45) is 4.27. The molecule has 34 heavy (non-hydrogen) atoms. The average Bonchev–Trinajstić information content (AvgIpc) is 3.59. The molecular formula is C23H27N3O6S2. The molecule has 1 heterocycles. The first-order valence-electron chi connectivity index (χ1n) is 11.2. The molecule has 0 radical (unpaired) electrons. The highest BCUT2D eigenvalue weighted by Gasteiger charge is 2.35. The predicted octanol–water partition coefficient (Wildman–Crippen LogP) is 3.55. The minimum atomic E-state index is -3.61. The van der Waals surface area contributed by atoms with Gasteiger partial charge in [-0.2, -0.15) is 4.31 Å². The number of aryl methyl sites for hydroxylation is 1. The van der Waals surface area contributed by atoms with Crippen LogP contribution in [0.3, 0.4) is 0 Å². The van der Waals surface area contributed by atoms with Gasteiger partial charge in [0.05, 0.1) is 17.1 Å². The maximum Gasteiger partial charge on any atom is 0.414 e. The first-order valence-corrected chi connectivity index (χ1v) is 13.5. The second kappa shape index (κ2) is 9.85. The van der Waals surface area contributed by atoms with Crippen molar-refractivity contribution in [1.82, 2.24) is 9.62 Å². The predicted molar refractivity (Wildman–Crippen MR) is 128 cm³/mol. The Morgan fingerprint density at radius 2 is 1.76 bits per heavy atom. The summed E-state index contributed by atoms with van der Waals surface area (Å²) in [6.45, 7) is 1.77. The lowest BCUT2D eigenvalue weighted by atomic mass is 9.95. The Bertz CT molecular complexity index is 1220. The molecule has 182 valence electrons. The topological polar surface area (TPSA) is 122 Å². The molecule has 4 rings (SSSR count). The number of carbonyl (C=O) groups is 3. The third-order valence-electron chi connectivity index (χ3n) is 5.97. The van der Waals surface area contributed by atoms with E-state index < -0.39 is 27.9 Å². The molecule has 1 aromatic carbocycles. The van der Waals surface area contributed by atoms with E-state index in [4.69, 9.17) is 4.74 Å². The van der Waals surface area contributed by atoms with Crippen LogP contribution in [0.1, 0.15) is 63.8 Å². The van der Waals surface area contributed by atoms with Gasteiger partial charge in [0.1, 0.15) is 5.00 Å². The first kappa shape index (κ1) is 24.4. The summed E-state index contributed by atoms with van der Waals surface area (Å²) in [5.74, 6) is -1.08. The van der Waals surface area contributed by atoms with E-state index in [1.807, 2.05) is 0 Å². The van der Waals surface area contributed by atoms with Crippen LogP contribution >= 0.6 is 11.3 Å². The lowest BCUT2D eigenvalue weighted by Gasteiger charge is -2.16. The highest BCUT2D eigenvalue weighted by molar-refractivity contribution is 7.89. The smallest absolute Gasteiger partial charge is 0.414 e. The van der Waals surface area contributed by atoms with Gasteiger partial charge in [-0.15, -0.1) is 11.3 Å². The standard InChI is InChI=1S/C23H27N3O6S2/c1-3-32-23(29)25-21(28)19-17-6-4-5-7-18(17)33-22(19)24-20(27)14-8-12-16(13-9-14)34(30,31)26(2)15-10-11-15/h8-9,12-13,15H,3-7,10-11H2,1-2H3,(H,24,27)(H,25,28,29). The van der Waals surface area contributed by atoms with E-state index in [9.17, 15) is 22.8 Å². The Labute approximate surface area is 202 Å². The molecule has 3 amide bonds. The van der Waals surface area contributed by atoms with Crippen LogP contribution in [0.25, 0.3) is 0 Å². The summed E-state index contributed by atoms with van der Waals surface area (Å²) in [5, 5.41) is 5.37. The SMILES string of the molecule is CCOC(=O)NC(=O)c1c(NC(=O)c2ccc(S(=O)(=O)N(C)C3CC3)cc2)sc2c1CCCC2. The van der Waals surface area contributed by atoms with Gasteiger partial charge in [-0.05, 0) is 75.3 Å². The van der Waals surface area contributed by atoms with Crippen LogP contribution in [0.15, 0.2) is 29.2 Å². The van der Waals surface area contributed by atoms with Gasteiger partial charge >= 0.3 is 6.09 Å². The molecule has 9 nitrogen and oxygen atoms in total. The van der Waals surface area contributed by atoms with E-state index in [0.717, 1.165) is 42.5 Å². The fraction of sp³-hybridized carbons (Fsp3) is 0.435. The third kappa shape index (κ3) is 5.01. The Morgan fingerprint density at radius 1 is 1.09 bits per heavy atom. The molecule has 0 saturated heterocycles. The number of nitrogens with one attached hydrogen (secondary N) is 2. The van der Waals surface area contributed by atoms with E-state index in [1.165, 1.54) is 39.9 Å². The van der Waals surface area contributed by atoms with E-state index in [-0.39, 0.29) is 28.7 Å². The van der Waals surface area contributed by atoms with Crippen LogP contribution in [0.5, 0.6) is 0 Å². The second-order valence-electron chi connectivity index (χ2n) is 8.32. The minimum absolute atomic E-state index is 0.0389. The molecule has 2 aromatic rings. The fourth-order valence-electron chi connectivity index (χ4n) is 3.97. The van der Waals surface area contributed by atoms with Crippen molar-refractivity contribution in [3.8, 4) is 0 Å². The van der Waals surface area contributed by atoms with Crippen LogP contribution in [0.2, 0.25) is 0 Å². The van der Waals surface area contributed by atoms with E-state index in [0.29, 0.717) is 11.4 Å². The summed E-state index contributed by atoms with van der Waals surface area (Å²) >= 11 is 1.33. The molecule has 0 atom stereocenters. The number of carbonyl (C=O) groups excluding carboxylic acids is 3. The molecule has 2 aliphatic rings. The molecule has 1 fully saturated rings. The first-order chi connectivity index (χ1) is 16.2. The fourth-order valence-corrected chi connectivity index (χ4v) is 6.67. The van der Waals surface area contributed by atoms with E-state index >= 15 is 0 Å². The highest BCUT2D eigenvalue weighted by Crippen LogP contribution is 2.38. The summed E-state index contributed by atoms with van der Waals surface area (Å²) in [5.41, 5.74) is 1.39. The number of fused-ring (bicyclic) bond motifs is 1. The monoisotopic (exact) mass is 505 g/mol. The van der Waals surface area contributed by atoms with E-state index in [2.05, 4.69) is 10.6 Å². The molecule has 2 N–H and O–H groups in total. The van der Waals surface area contributed by atoms with Crippen molar-refractivity contribution < 1.29 is 27.5 Å². The zero-order valence-corrected chi connectivity index (χ0v) is 20.7. The molecular weight excluding hydrogens is 478 g/mol. The van der Waals surface area contributed by atoms with Crippen LogP contribution < -0.4 is 10.6 Å². The van der Waals surface area contributed by atoms with Crippen LogP contribution in [0, 0.1) is 0 Å². The van der Waals surface area contributed by atoms with Crippen molar-refractivity contribution in [2.24, 2.45) is 0 Å². The zero-order valence-electron chi connectivity index (χ0n) is 19.0. The summed E-state index contributed by atoms with van der Waals surface area (Å²) in [4.78, 5) is 38.7. The molecule has 0 unspecified atom stereocenters. The van der Waals surface area contributed by atoms with Gasteiger partial charge in [0, 0.05) is 23.5 Å². The number of benzene rings is 1. The molecule has 0 aliphatic heterocycles. The van der Waals surface area contributed by atoms with Crippen molar-refractivity contribution >= 4 is 44.3 Å². The Balaban J connectivity index is 1.55. The highest BCUT2D eigenvalue weighted by atomic mass is 32.2. The number of thiophene rings is 1. The lowest BCUT2D eigenvalue weighted by Crippen LogP contribution is -2.32. The molecule has 0 spiro atoms. The molecule has 2 aliphatic carbocycles. The van der Waals surface area contributed by atoms with Gasteiger partial charge in [-0.1, -0.05) is 0 Å². The maximum absolute atomic E-state index is 13.0. The Hall–Kier alpha value is -2.76. The van der Waals surface area contributed by atoms with Gasteiger partial charge in [0.25, 0.3) is 11.8 Å². The second-order valence-corrected chi connectivity index (χ2v) is 11.4. The Kier molecular flexibility index (Phi) is 7.06. The average molecular weight is 506 g/mol. The molecule has 1 aromatic heterocycles. The summed E-state index contributed by atoms with van der Waals surface area (Å²) in [6, 6.07) is 5.77. The number of nitrogens with zero attached hydrogens (tertiary/aromatic N) is 1. The normalized spacial score (nSPS) is 15.5. The van der Waals surface area contributed by atoms with Gasteiger partial charge in [-0.25, -0.2) is 13.2 Å². The number of imide groups is 1. The number of ether oxygens (including phenoxy) is 1. The van der Waals surface area contributed by atoms with Gasteiger partial charge in [-0.3, -0.25) is 14.9 Å². The number of hydrogen-bond donors (Lipinski definition) is 2. The molecule has 11 heteroatoms. The third-order valence-corrected chi connectivity index (χ3v) is 9.10. The number of rotatable bonds is 7. The number of anilines is 1. The zero-order chi connectivity index (χ0) is 24.5. The van der Waals surface area contributed by atoms with Crippen molar-refractivity contribution in [3.05, 3.63) is 45.8 Å². The minimum Gasteiger partial charge on any atom is -0.450 e. The largest absolute Gasteiger partial charge is 0.450 e. The van der Waals surface area contributed by atoms with Crippen molar-refractivity contribution in [2.45, 2.75) is 56.4 Å². The summed E-state index contributed by atoms with van der Waals surface area (Å²) < 4.78 is 31.6. The molecule has 1 saturated carbocycles. The van der Waals surface area contributed by atoms with Gasteiger partial charge in [0.15, 0.2) is 0 Å².